The summed E-state index contributed by atoms with van der Waals surface area (Å²) in [5, 5.41) is 2.44. The molecule has 0 radical (unpaired) electrons. The second-order valence-corrected chi connectivity index (χ2v) is 4.26. The zero-order valence-corrected chi connectivity index (χ0v) is 10.3. The number of ether oxygens (including phenoxy) is 1. The van der Waals surface area contributed by atoms with Crippen molar-refractivity contribution in [1.29, 1.82) is 0 Å². The van der Waals surface area contributed by atoms with E-state index in [9.17, 15) is 0 Å². The summed E-state index contributed by atoms with van der Waals surface area (Å²) in [5.74, 6) is 1.56. The van der Waals surface area contributed by atoms with Crippen LogP contribution in [-0.2, 0) is 0 Å². The number of halogens is 1. The molecule has 1 aromatic heterocycles. The van der Waals surface area contributed by atoms with E-state index in [1.165, 1.54) is 0 Å². The van der Waals surface area contributed by atoms with Gasteiger partial charge in [0.05, 0.1) is 0 Å². The van der Waals surface area contributed by atoms with Crippen molar-refractivity contribution in [2.45, 2.75) is 0 Å². The second-order valence-electron chi connectivity index (χ2n) is 3.90. The van der Waals surface area contributed by atoms with Crippen LogP contribution in [0.15, 0.2) is 60.8 Å². The number of pyridine rings is 1. The molecule has 3 heteroatoms. The van der Waals surface area contributed by atoms with E-state index in [-0.39, 0.29) is 0 Å². The van der Waals surface area contributed by atoms with Crippen molar-refractivity contribution < 1.29 is 4.74 Å². The third kappa shape index (κ3) is 2.15. The first-order valence-electron chi connectivity index (χ1n) is 5.60. The van der Waals surface area contributed by atoms with Crippen molar-refractivity contribution in [2.75, 3.05) is 0 Å². The number of para-hydroxylation sites is 1. The highest BCUT2D eigenvalue weighted by Crippen LogP contribution is 2.28. The fraction of sp³-hybridized carbons (Fsp3) is 0. The number of rotatable bonds is 2. The van der Waals surface area contributed by atoms with Crippen LogP contribution in [-0.4, -0.2) is 4.98 Å². The second kappa shape index (κ2) is 4.67. The van der Waals surface area contributed by atoms with E-state index in [0.717, 1.165) is 22.3 Å². The van der Waals surface area contributed by atoms with Crippen molar-refractivity contribution in [2.24, 2.45) is 0 Å². The summed E-state index contributed by atoms with van der Waals surface area (Å²) in [5.41, 5.74) is 0. The molecule has 0 aliphatic carbocycles. The summed E-state index contributed by atoms with van der Waals surface area (Å²) in [6.07, 6.45) is 1.70. The van der Waals surface area contributed by atoms with Crippen LogP contribution in [0.25, 0.3) is 10.8 Å². The summed E-state index contributed by atoms with van der Waals surface area (Å²) >= 11 is 6.07. The van der Waals surface area contributed by atoms with Gasteiger partial charge in [-0.2, -0.15) is 0 Å². The summed E-state index contributed by atoms with van der Waals surface area (Å²) in [6.45, 7) is 0. The van der Waals surface area contributed by atoms with Crippen molar-refractivity contribution in [3.63, 3.8) is 0 Å². The average molecular weight is 256 g/mol. The van der Waals surface area contributed by atoms with Crippen LogP contribution in [0.4, 0.5) is 0 Å². The van der Waals surface area contributed by atoms with Crippen LogP contribution in [0.5, 0.6) is 11.5 Å². The van der Waals surface area contributed by atoms with Gasteiger partial charge in [0.1, 0.15) is 16.7 Å². The van der Waals surface area contributed by atoms with Gasteiger partial charge in [-0.1, -0.05) is 35.9 Å². The molecule has 0 atom stereocenters. The third-order valence-corrected chi connectivity index (χ3v) is 2.97. The smallest absolute Gasteiger partial charge is 0.136 e. The SMILES string of the molecule is Clc1nccc2ccc(Oc3ccccc3)cc12. The van der Waals surface area contributed by atoms with Crippen LogP contribution in [0.3, 0.4) is 0 Å². The maximum absolute atomic E-state index is 6.07. The molecule has 0 amide bonds. The molecule has 88 valence electrons. The number of fused-ring (bicyclic) bond motifs is 1. The molecule has 0 unspecified atom stereocenters. The highest BCUT2D eigenvalue weighted by atomic mass is 35.5. The Kier molecular flexibility index (Phi) is 2.87. The molecule has 18 heavy (non-hydrogen) atoms. The van der Waals surface area contributed by atoms with Crippen LogP contribution < -0.4 is 4.74 Å². The fourth-order valence-corrected chi connectivity index (χ4v) is 2.02. The Bertz CT molecular complexity index is 682. The summed E-state index contributed by atoms with van der Waals surface area (Å²) in [7, 11) is 0. The number of aromatic nitrogens is 1. The molecule has 2 aromatic carbocycles. The molecular formula is C15H10ClNO. The van der Waals surface area contributed by atoms with Gasteiger partial charge in [-0.25, -0.2) is 4.98 Å². The van der Waals surface area contributed by atoms with Gasteiger partial charge in [-0.15, -0.1) is 0 Å². The molecule has 0 spiro atoms. The van der Waals surface area contributed by atoms with Crippen molar-refractivity contribution in [3.05, 3.63) is 65.9 Å². The molecule has 3 aromatic rings. The monoisotopic (exact) mass is 255 g/mol. The molecule has 0 saturated carbocycles. The Morgan fingerprint density at radius 1 is 0.889 bits per heavy atom. The Morgan fingerprint density at radius 3 is 2.56 bits per heavy atom. The molecule has 0 N–H and O–H groups in total. The Balaban J connectivity index is 2.01. The van der Waals surface area contributed by atoms with Crippen molar-refractivity contribution >= 4 is 22.4 Å². The Morgan fingerprint density at radius 2 is 1.72 bits per heavy atom. The molecule has 0 aliphatic rings. The van der Waals surface area contributed by atoms with Gasteiger partial charge in [0, 0.05) is 11.6 Å². The highest BCUT2D eigenvalue weighted by Gasteiger charge is 2.02. The topological polar surface area (TPSA) is 22.1 Å². The van der Waals surface area contributed by atoms with Crippen LogP contribution >= 0.6 is 11.6 Å². The normalized spacial score (nSPS) is 10.5. The van der Waals surface area contributed by atoms with E-state index in [0.29, 0.717) is 5.15 Å². The van der Waals surface area contributed by atoms with E-state index >= 15 is 0 Å². The van der Waals surface area contributed by atoms with Gasteiger partial charge in [-0.05, 0) is 35.7 Å². The highest BCUT2D eigenvalue weighted by molar-refractivity contribution is 6.34. The predicted octanol–water partition coefficient (Wildman–Crippen LogP) is 4.68. The zero-order chi connectivity index (χ0) is 12.4. The van der Waals surface area contributed by atoms with Gasteiger partial charge in [-0.3, -0.25) is 0 Å². The predicted molar refractivity (Wildman–Crippen MR) is 73.3 cm³/mol. The standard InChI is InChI=1S/C15H10ClNO/c16-15-14-10-13(7-6-11(14)8-9-17-15)18-12-4-2-1-3-5-12/h1-10H. The van der Waals surface area contributed by atoms with Crippen molar-refractivity contribution in [1.82, 2.24) is 4.98 Å². The zero-order valence-electron chi connectivity index (χ0n) is 9.51. The van der Waals surface area contributed by atoms with E-state index in [1.807, 2.05) is 54.6 Å². The largest absolute Gasteiger partial charge is 0.457 e. The Hall–Kier alpha value is -2.06. The van der Waals surface area contributed by atoms with Gasteiger partial charge in [0.15, 0.2) is 0 Å². The molecule has 0 saturated heterocycles. The maximum Gasteiger partial charge on any atom is 0.136 e. The van der Waals surface area contributed by atoms with Gasteiger partial charge >= 0.3 is 0 Å². The molecule has 0 fully saturated rings. The Labute approximate surface area is 110 Å². The number of benzene rings is 2. The molecule has 3 rings (SSSR count). The lowest BCUT2D eigenvalue weighted by molar-refractivity contribution is 0.483. The first-order valence-corrected chi connectivity index (χ1v) is 5.98. The number of hydrogen-bond donors (Lipinski definition) is 0. The average Bonchev–Trinajstić information content (AvgIpc) is 2.41. The first-order chi connectivity index (χ1) is 8.83. The third-order valence-electron chi connectivity index (χ3n) is 2.67. The lowest BCUT2D eigenvalue weighted by Crippen LogP contribution is -1.85. The van der Waals surface area contributed by atoms with Gasteiger partial charge in [0.25, 0.3) is 0 Å². The summed E-state index contributed by atoms with van der Waals surface area (Å²) in [4.78, 5) is 4.07. The number of nitrogens with zero attached hydrogens (tertiary/aromatic N) is 1. The van der Waals surface area contributed by atoms with Crippen LogP contribution in [0.2, 0.25) is 5.15 Å². The number of hydrogen-bond acceptors (Lipinski definition) is 2. The fourth-order valence-electron chi connectivity index (χ4n) is 1.80. The maximum atomic E-state index is 6.07. The molecule has 0 aliphatic heterocycles. The van der Waals surface area contributed by atoms with E-state index < -0.39 is 0 Å². The van der Waals surface area contributed by atoms with Crippen molar-refractivity contribution in [3.8, 4) is 11.5 Å². The van der Waals surface area contributed by atoms with Crippen LogP contribution in [0.1, 0.15) is 0 Å². The van der Waals surface area contributed by atoms with E-state index in [1.54, 1.807) is 6.20 Å². The quantitative estimate of drug-likeness (QED) is 0.620. The summed E-state index contributed by atoms with van der Waals surface area (Å²) < 4.78 is 5.76. The van der Waals surface area contributed by atoms with Gasteiger partial charge in [0.2, 0.25) is 0 Å². The van der Waals surface area contributed by atoms with E-state index in [4.69, 9.17) is 16.3 Å². The summed E-state index contributed by atoms with van der Waals surface area (Å²) in [6, 6.07) is 17.4. The minimum absolute atomic E-state index is 0.492. The lowest BCUT2D eigenvalue weighted by Gasteiger charge is -2.07. The lowest BCUT2D eigenvalue weighted by atomic mass is 10.2. The van der Waals surface area contributed by atoms with Crippen LogP contribution in [0, 0.1) is 0 Å². The molecule has 1 heterocycles. The minimum Gasteiger partial charge on any atom is -0.457 e. The minimum atomic E-state index is 0.492. The van der Waals surface area contributed by atoms with E-state index in [2.05, 4.69) is 4.98 Å². The molecule has 0 bridgehead atoms. The first kappa shape index (κ1) is 11.1. The molecule has 2 nitrogen and oxygen atoms in total. The molecular weight excluding hydrogens is 246 g/mol. The van der Waals surface area contributed by atoms with Gasteiger partial charge < -0.3 is 4.74 Å².